The lowest BCUT2D eigenvalue weighted by Gasteiger charge is -2.16. The number of esters is 1. The molecule has 11 heteroatoms. The maximum Gasteiger partial charge on any atom is 0.327 e. The number of rotatable bonds is 8. The van der Waals surface area contributed by atoms with E-state index < -0.39 is 49.8 Å². The molecule has 132 valence electrons. The van der Waals surface area contributed by atoms with E-state index in [-0.39, 0.29) is 12.0 Å². The van der Waals surface area contributed by atoms with Gasteiger partial charge >= 0.3 is 21.8 Å². The second-order valence-corrected chi connectivity index (χ2v) is 6.43. The fourth-order valence-corrected chi connectivity index (χ4v) is 2.26. The molecule has 0 fully saturated rings. The van der Waals surface area contributed by atoms with Gasteiger partial charge in [0.15, 0.2) is 6.29 Å². The predicted molar refractivity (Wildman–Crippen MR) is 83.7 cm³/mol. The van der Waals surface area contributed by atoms with Crippen LogP contribution in [0.4, 0.5) is 11.4 Å². The van der Waals surface area contributed by atoms with Crippen LogP contribution in [0.3, 0.4) is 0 Å². The summed E-state index contributed by atoms with van der Waals surface area (Å²) in [5.41, 5.74) is -1.09. The molecule has 0 aliphatic rings. The zero-order valence-corrected chi connectivity index (χ0v) is 14.0. The molecule has 10 nitrogen and oxygen atoms in total. The van der Waals surface area contributed by atoms with Crippen molar-refractivity contribution >= 4 is 33.7 Å². The fraction of sp³-hybridized carbons (Fsp3) is 0.385. The minimum atomic E-state index is -4.11. The number of nitrogens with one attached hydrogen (secondary N) is 1. The molecule has 0 saturated carbocycles. The SMILES string of the molecule is CCS(=O)(=O)Oc1c([N+](=O)[O-])ccc(N[C@@H](C)C(=O)OC)c1C=O. The maximum atomic E-state index is 11.6. The van der Waals surface area contributed by atoms with Crippen molar-refractivity contribution in [2.24, 2.45) is 0 Å². The summed E-state index contributed by atoms with van der Waals surface area (Å²) < 4.78 is 32.5. The zero-order chi connectivity index (χ0) is 18.5. The first-order valence-corrected chi connectivity index (χ1v) is 8.27. The molecule has 1 aromatic rings. The molecule has 0 aromatic heterocycles. The Bertz CT molecular complexity index is 759. The lowest BCUT2D eigenvalue weighted by Crippen LogP contribution is -2.27. The molecule has 1 N–H and O–H groups in total. The van der Waals surface area contributed by atoms with Crippen molar-refractivity contribution < 1.29 is 31.9 Å². The summed E-state index contributed by atoms with van der Waals surface area (Å²) in [6.07, 6.45) is 0.208. The summed E-state index contributed by atoms with van der Waals surface area (Å²) in [4.78, 5) is 33.0. The number of nitrogens with zero attached hydrogens (tertiary/aromatic N) is 1. The van der Waals surface area contributed by atoms with E-state index in [0.717, 1.165) is 6.07 Å². The van der Waals surface area contributed by atoms with Crippen molar-refractivity contribution in [2.75, 3.05) is 18.2 Å². The number of benzene rings is 1. The van der Waals surface area contributed by atoms with E-state index in [1.165, 1.54) is 27.0 Å². The van der Waals surface area contributed by atoms with Crippen molar-refractivity contribution in [3.8, 4) is 5.75 Å². The highest BCUT2D eigenvalue weighted by molar-refractivity contribution is 7.87. The van der Waals surface area contributed by atoms with Gasteiger partial charge in [0.2, 0.25) is 5.75 Å². The molecule has 0 unspecified atom stereocenters. The first-order valence-electron chi connectivity index (χ1n) is 6.69. The number of carbonyl (C=O) groups excluding carboxylic acids is 2. The van der Waals surface area contributed by atoms with Gasteiger partial charge in [-0.25, -0.2) is 4.79 Å². The molecule has 0 saturated heterocycles. The molecular formula is C13H16N2O8S. The third-order valence-corrected chi connectivity index (χ3v) is 4.11. The molecule has 1 rings (SSSR count). The van der Waals surface area contributed by atoms with Crippen molar-refractivity contribution in [3.63, 3.8) is 0 Å². The molecule has 0 bridgehead atoms. The number of carbonyl (C=O) groups is 2. The maximum absolute atomic E-state index is 11.6. The van der Waals surface area contributed by atoms with Crippen LogP contribution in [0.1, 0.15) is 24.2 Å². The molecule has 0 spiro atoms. The Kier molecular flexibility index (Phi) is 6.23. The Balaban J connectivity index is 3.46. The van der Waals surface area contributed by atoms with Gasteiger partial charge in [-0.05, 0) is 19.9 Å². The summed E-state index contributed by atoms with van der Waals surface area (Å²) >= 11 is 0. The normalized spacial score (nSPS) is 12.1. The summed E-state index contributed by atoms with van der Waals surface area (Å²) in [6.45, 7) is 2.72. The van der Waals surface area contributed by atoms with E-state index in [0.29, 0.717) is 0 Å². The van der Waals surface area contributed by atoms with Crippen LogP contribution in [-0.2, 0) is 19.6 Å². The number of hydrogen-bond donors (Lipinski definition) is 1. The van der Waals surface area contributed by atoms with E-state index in [1.807, 2.05) is 0 Å². The first kappa shape index (κ1) is 19.4. The van der Waals surface area contributed by atoms with E-state index in [1.54, 1.807) is 0 Å². The Morgan fingerprint density at radius 2 is 2.08 bits per heavy atom. The van der Waals surface area contributed by atoms with Gasteiger partial charge in [-0.1, -0.05) is 0 Å². The van der Waals surface area contributed by atoms with Crippen molar-refractivity contribution in [2.45, 2.75) is 19.9 Å². The molecule has 0 aliphatic carbocycles. The second-order valence-electron chi connectivity index (χ2n) is 4.57. The van der Waals surface area contributed by atoms with Crippen LogP contribution in [0.2, 0.25) is 0 Å². The second kappa shape index (κ2) is 7.73. The van der Waals surface area contributed by atoms with E-state index in [4.69, 9.17) is 4.18 Å². The topological polar surface area (TPSA) is 142 Å². The van der Waals surface area contributed by atoms with Crippen LogP contribution >= 0.6 is 0 Å². The van der Waals surface area contributed by atoms with Gasteiger partial charge in [0.05, 0.1) is 23.3 Å². The summed E-state index contributed by atoms with van der Waals surface area (Å²) in [5.74, 6) is -1.80. The number of nitro groups is 1. The van der Waals surface area contributed by atoms with Crippen molar-refractivity contribution in [3.05, 3.63) is 27.8 Å². The number of nitro benzene ring substituents is 1. The molecule has 1 aromatic carbocycles. The van der Waals surface area contributed by atoms with Crippen molar-refractivity contribution in [1.82, 2.24) is 0 Å². The molecule has 1 atom stereocenters. The minimum Gasteiger partial charge on any atom is -0.467 e. The molecule has 0 heterocycles. The van der Waals surface area contributed by atoms with Crippen LogP contribution in [-0.4, -0.2) is 44.5 Å². The van der Waals surface area contributed by atoms with Gasteiger partial charge in [0, 0.05) is 11.8 Å². The first-order chi connectivity index (χ1) is 11.2. The van der Waals surface area contributed by atoms with E-state index >= 15 is 0 Å². The van der Waals surface area contributed by atoms with Gasteiger partial charge in [0.25, 0.3) is 0 Å². The van der Waals surface area contributed by atoms with Crippen LogP contribution in [0.15, 0.2) is 12.1 Å². The lowest BCUT2D eigenvalue weighted by molar-refractivity contribution is -0.385. The number of ether oxygens (including phenoxy) is 1. The lowest BCUT2D eigenvalue weighted by atomic mass is 10.1. The Hall–Kier alpha value is -2.69. The third-order valence-electron chi connectivity index (χ3n) is 2.98. The Morgan fingerprint density at radius 3 is 2.54 bits per heavy atom. The zero-order valence-electron chi connectivity index (χ0n) is 13.1. The summed E-state index contributed by atoms with van der Waals surface area (Å²) in [6, 6.07) is 1.26. The molecule has 0 aliphatic heterocycles. The average Bonchev–Trinajstić information content (AvgIpc) is 2.53. The minimum absolute atomic E-state index is 0.00481. The van der Waals surface area contributed by atoms with Crippen LogP contribution in [0, 0.1) is 10.1 Å². The molecule has 0 radical (unpaired) electrons. The van der Waals surface area contributed by atoms with Gasteiger partial charge < -0.3 is 14.2 Å². The Morgan fingerprint density at radius 1 is 1.46 bits per heavy atom. The molecular weight excluding hydrogens is 344 g/mol. The fourth-order valence-electron chi connectivity index (χ4n) is 1.72. The van der Waals surface area contributed by atoms with Crippen molar-refractivity contribution in [1.29, 1.82) is 0 Å². The number of anilines is 1. The number of methoxy groups -OCH3 is 1. The number of aldehydes is 1. The summed E-state index contributed by atoms with van der Waals surface area (Å²) in [7, 11) is -2.94. The highest BCUT2D eigenvalue weighted by Crippen LogP contribution is 2.36. The van der Waals surface area contributed by atoms with E-state index in [2.05, 4.69) is 10.1 Å². The van der Waals surface area contributed by atoms with Crippen LogP contribution in [0.25, 0.3) is 0 Å². The third kappa shape index (κ3) is 4.41. The monoisotopic (exact) mass is 360 g/mol. The predicted octanol–water partition coefficient (Wildman–Crippen LogP) is 1.11. The average molecular weight is 360 g/mol. The largest absolute Gasteiger partial charge is 0.467 e. The molecule has 0 amide bonds. The highest BCUT2D eigenvalue weighted by atomic mass is 32.2. The van der Waals surface area contributed by atoms with Gasteiger partial charge in [-0.2, -0.15) is 8.42 Å². The number of hydrogen-bond acceptors (Lipinski definition) is 9. The van der Waals surface area contributed by atoms with Gasteiger partial charge in [0.1, 0.15) is 6.04 Å². The highest BCUT2D eigenvalue weighted by Gasteiger charge is 2.27. The van der Waals surface area contributed by atoms with Gasteiger partial charge in [-0.15, -0.1) is 0 Å². The quantitative estimate of drug-likeness (QED) is 0.237. The van der Waals surface area contributed by atoms with E-state index in [9.17, 15) is 28.1 Å². The smallest absolute Gasteiger partial charge is 0.327 e. The van der Waals surface area contributed by atoms with Crippen LogP contribution < -0.4 is 9.50 Å². The summed E-state index contributed by atoms with van der Waals surface area (Å²) in [5, 5.41) is 13.7. The van der Waals surface area contributed by atoms with Gasteiger partial charge in [-0.3, -0.25) is 14.9 Å². The molecule has 24 heavy (non-hydrogen) atoms. The van der Waals surface area contributed by atoms with Crippen LogP contribution in [0.5, 0.6) is 5.75 Å². The Labute approximate surface area is 138 Å². The standard InChI is InChI=1S/C13H16N2O8S/c1-4-24(20,21)23-12-9(7-16)10(5-6-11(12)15(18)19)14-8(2)13(17)22-3/h5-8,14H,4H2,1-3H3/t8-/m0/s1.